The molecule has 0 heterocycles. The Morgan fingerprint density at radius 3 is 2.50 bits per heavy atom. The number of ether oxygens (including phenoxy) is 1. The molecular formula is C26H38FNO2. The Balaban J connectivity index is 0.00000131. The molecule has 1 fully saturated rings. The maximum absolute atomic E-state index is 13.8. The molecule has 4 heteroatoms. The number of rotatable bonds is 7. The number of terminal acetylenes is 1. The van der Waals surface area contributed by atoms with E-state index in [1.54, 1.807) is 25.1 Å². The molecule has 30 heavy (non-hydrogen) atoms. The van der Waals surface area contributed by atoms with Gasteiger partial charge >= 0.3 is 0 Å². The molecule has 1 aliphatic rings. The third-order valence-corrected chi connectivity index (χ3v) is 4.93. The first-order valence-corrected chi connectivity index (χ1v) is 10.6. The molecule has 1 aliphatic carbocycles. The summed E-state index contributed by atoms with van der Waals surface area (Å²) in [5, 5.41) is 0. The van der Waals surface area contributed by atoms with E-state index in [1.165, 1.54) is 32.4 Å². The van der Waals surface area contributed by atoms with Crippen LogP contribution >= 0.6 is 0 Å². The van der Waals surface area contributed by atoms with E-state index in [9.17, 15) is 9.18 Å². The SMILES string of the molecule is C#CC(/C=C/CC(=O)CC(C)(C)C)=Nc1ccc(F)c(COC)c1C.CC1CCC1.[HH]. The number of halogens is 1. The van der Waals surface area contributed by atoms with Gasteiger partial charge < -0.3 is 4.74 Å². The first-order valence-electron chi connectivity index (χ1n) is 10.6. The zero-order chi connectivity index (χ0) is 22.7. The Morgan fingerprint density at radius 2 is 2.03 bits per heavy atom. The van der Waals surface area contributed by atoms with E-state index >= 15 is 0 Å². The fourth-order valence-electron chi connectivity index (χ4n) is 2.98. The minimum Gasteiger partial charge on any atom is -0.380 e. The molecule has 0 spiro atoms. The molecule has 0 bridgehead atoms. The lowest BCUT2D eigenvalue weighted by atomic mass is 9.88. The monoisotopic (exact) mass is 415 g/mol. The Kier molecular flexibility index (Phi) is 10.7. The zero-order valence-corrected chi connectivity index (χ0v) is 19.3. The lowest BCUT2D eigenvalue weighted by Gasteiger charge is -2.18. The number of hydrogen-bond donors (Lipinski definition) is 0. The number of benzene rings is 1. The number of allylic oxidation sites excluding steroid dienone is 2. The van der Waals surface area contributed by atoms with E-state index in [0.717, 1.165) is 5.92 Å². The Labute approximate surface area is 183 Å². The molecule has 166 valence electrons. The van der Waals surface area contributed by atoms with E-state index in [4.69, 9.17) is 11.2 Å². The Bertz CT molecular complexity index is 812. The van der Waals surface area contributed by atoms with Gasteiger partial charge in [0.1, 0.15) is 17.3 Å². The number of Topliss-reactive ketones (excluding diaryl/α,β-unsaturated/α-hetero) is 1. The summed E-state index contributed by atoms with van der Waals surface area (Å²) < 4.78 is 18.9. The average molecular weight is 416 g/mol. The summed E-state index contributed by atoms with van der Waals surface area (Å²) in [5.41, 5.74) is 2.10. The van der Waals surface area contributed by atoms with Crippen molar-refractivity contribution in [3.8, 4) is 12.3 Å². The third-order valence-electron chi connectivity index (χ3n) is 4.93. The highest BCUT2D eigenvalue weighted by Gasteiger charge is 2.14. The van der Waals surface area contributed by atoms with Crippen molar-refractivity contribution in [2.75, 3.05) is 7.11 Å². The van der Waals surface area contributed by atoms with Crippen LogP contribution in [0.1, 0.15) is 72.4 Å². The maximum Gasteiger partial charge on any atom is 0.137 e. The van der Waals surface area contributed by atoms with Crippen LogP contribution in [-0.4, -0.2) is 18.6 Å². The van der Waals surface area contributed by atoms with Gasteiger partial charge in [-0.15, -0.1) is 6.42 Å². The van der Waals surface area contributed by atoms with Crippen LogP contribution in [0, 0.1) is 36.4 Å². The molecular weight excluding hydrogens is 377 g/mol. The lowest BCUT2D eigenvalue weighted by molar-refractivity contribution is -0.119. The fourth-order valence-corrected chi connectivity index (χ4v) is 2.98. The van der Waals surface area contributed by atoms with E-state index in [-0.39, 0.29) is 25.0 Å². The lowest BCUT2D eigenvalue weighted by Crippen LogP contribution is -2.12. The summed E-state index contributed by atoms with van der Waals surface area (Å²) in [5.74, 6) is 3.38. The zero-order valence-electron chi connectivity index (χ0n) is 19.3. The second-order valence-corrected chi connectivity index (χ2v) is 9.16. The molecule has 0 radical (unpaired) electrons. The first-order chi connectivity index (χ1) is 14.1. The third kappa shape index (κ3) is 9.50. The molecule has 0 aliphatic heterocycles. The van der Waals surface area contributed by atoms with Crippen molar-refractivity contribution in [2.45, 2.75) is 73.3 Å². The van der Waals surface area contributed by atoms with Crippen molar-refractivity contribution in [1.82, 2.24) is 0 Å². The largest absolute Gasteiger partial charge is 0.380 e. The van der Waals surface area contributed by atoms with E-state index < -0.39 is 0 Å². The Hall–Kier alpha value is -2.25. The van der Waals surface area contributed by atoms with Crippen molar-refractivity contribution in [3.63, 3.8) is 0 Å². The highest BCUT2D eigenvalue weighted by molar-refractivity contribution is 6.09. The van der Waals surface area contributed by atoms with Crippen molar-refractivity contribution in [2.24, 2.45) is 16.3 Å². The number of methoxy groups -OCH3 is 1. The van der Waals surface area contributed by atoms with Crippen molar-refractivity contribution in [1.29, 1.82) is 0 Å². The number of carbonyl (C=O) groups is 1. The fraction of sp³-hybridized carbons (Fsp3) is 0.538. The van der Waals surface area contributed by atoms with Gasteiger partial charge in [0.15, 0.2) is 0 Å². The minimum atomic E-state index is -0.330. The second-order valence-electron chi connectivity index (χ2n) is 9.16. The van der Waals surface area contributed by atoms with Crippen molar-refractivity contribution < 1.29 is 15.3 Å². The summed E-state index contributed by atoms with van der Waals surface area (Å²) in [6, 6.07) is 2.94. The molecule has 0 aromatic heterocycles. The average Bonchev–Trinajstić information content (AvgIpc) is 2.63. The summed E-state index contributed by atoms with van der Waals surface area (Å²) in [6.07, 6.45) is 14.2. The van der Waals surface area contributed by atoms with Gasteiger partial charge in [0, 0.05) is 26.9 Å². The van der Waals surface area contributed by atoms with Crippen LogP contribution in [0.5, 0.6) is 0 Å². The molecule has 3 nitrogen and oxygen atoms in total. The van der Waals surface area contributed by atoms with Gasteiger partial charge in [-0.05, 0) is 42.0 Å². The predicted molar refractivity (Wildman–Crippen MR) is 126 cm³/mol. The van der Waals surface area contributed by atoms with Crippen LogP contribution in [0.2, 0.25) is 0 Å². The summed E-state index contributed by atoms with van der Waals surface area (Å²) in [6.45, 7) is 10.3. The summed E-state index contributed by atoms with van der Waals surface area (Å²) in [7, 11) is 1.51. The van der Waals surface area contributed by atoms with Crippen LogP contribution in [0.15, 0.2) is 29.3 Å². The molecule has 0 amide bonds. The van der Waals surface area contributed by atoms with Gasteiger partial charge in [0.05, 0.1) is 12.3 Å². The second kappa shape index (κ2) is 12.4. The standard InChI is InChI=1S/C21H26FNO2.C5H10.H2/c1-7-16(9-8-10-17(24)13-21(3,4)5)23-20-12-11-19(22)18(14-25-6)15(20)2;1-5-3-2-4-5;/h1,8-9,11-12H,10,13-14H2,2-6H3;5H,2-4H2,1H3;1H/b9-8+,23-16?;;. The molecule has 2 rings (SSSR count). The molecule has 0 atom stereocenters. The smallest absolute Gasteiger partial charge is 0.137 e. The van der Waals surface area contributed by atoms with Gasteiger partial charge in [0.2, 0.25) is 0 Å². The molecule has 1 aromatic carbocycles. The van der Waals surface area contributed by atoms with Crippen LogP contribution in [0.4, 0.5) is 10.1 Å². The van der Waals surface area contributed by atoms with Gasteiger partial charge in [-0.1, -0.05) is 59.0 Å². The van der Waals surface area contributed by atoms with Gasteiger partial charge in [-0.3, -0.25) is 4.79 Å². The normalized spacial score (nSPS) is 14.7. The van der Waals surface area contributed by atoms with Gasteiger partial charge in [-0.2, -0.15) is 0 Å². The number of hydrogen-bond acceptors (Lipinski definition) is 3. The van der Waals surface area contributed by atoms with Gasteiger partial charge in [0.25, 0.3) is 0 Å². The molecule has 1 aromatic rings. The Morgan fingerprint density at radius 1 is 1.40 bits per heavy atom. The number of ketones is 1. The van der Waals surface area contributed by atoms with Crippen LogP contribution in [0.3, 0.4) is 0 Å². The maximum atomic E-state index is 13.8. The van der Waals surface area contributed by atoms with Gasteiger partial charge in [-0.25, -0.2) is 9.38 Å². The summed E-state index contributed by atoms with van der Waals surface area (Å²) in [4.78, 5) is 16.3. The van der Waals surface area contributed by atoms with Crippen LogP contribution in [-0.2, 0) is 16.1 Å². The predicted octanol–water partition coefficient (Wildman–Crippen LogP) is 6.99. The number of aliphatic imine (C=N–C) groups is 1. The summed E-state index contributed by atoms with van der Waals surface area (Å²) >= 11 is 0. The van der Waals surface area contributed by atoms with Crippen LogP contribution in [0.25, 0.3) is 0 Å². The molecule has 0 unspecified atom stereocenters. The number of carbonyl (C=O) groups excluding carboxylic acids is 1. The topological polar surface area (TPSA) is 38.7 Å². The molecule has 0 saturated heterocycles. The molecule has 1 saturated carbocycles. The first kappa shape index (κ1) is 25.8. The quantitative estimate of drug-likeness (QED) is 0.355. The van der Waals surface area contributed by atoms with E-state index in [2.05, 4.69) is 17.8 Å². The van der Waals surface area contributed by atoms with E-state index in [1.807, 2.05) is 20.8 Å². The highest BCUT2D eigenvalue weighted by Crippen LogP contribution is 2.26. The minimum absolute atomic E-state index is 0. The number of nitrogens with zero attached hydrogens (tertiary/aromatic N) is 1. The van der Waals surface area contributed by atoms with E-state index in [0.29, 0.717) is 35.4 Å². The van der Waals surface area contributed by atoms with Crippen LogP contribution < -0.4 is 0 Å². The van der Waals surface area contributed by atoms with Crippen molar-refractivity contribution >= 4 is 17.2 Å². The highest BCUT2D eigenvalue weighted by atomic mass is 19.1. The van der Waals surface area contributed by atoms with Crippen molar-refractivity contribution in [3.05, 3.63) is 41.2 Å². The molecule has 0 N–H and O–H groups in total.